The van der Waals surface area contributed by atoms with Gasteiger partial charge in [-0.25, -0.2) is 0 Å². The van der Waals surface area contributed by atoms with Crippen LogP contribution in [-0.4, -0.2) is 7.05 Å². The highest BCUT2D eigenvalue weighted by Gasteiger charge is 2.13. The van der Waals surface area contributed by atoms with Gasteiger partial charge in [0.15, 0.2) is 0 Å². The molecule has 0 fully saturated rings. The maximum Gasteiger partial charge on any atom is 0.0406 e. The number of likely N-dealkylation sites (N-methyl/N-ethyl adjacent to an activating group) is 1. The Labute approximate surface area is 128 Å². The lowest BCUT2D eigenvalue weighted by molar-refractivity contribution is 0.589. The first-order chi connectivity index (χ1) is 9.10. The predicted molar refractivity (Wildman–Crippen MR) is 85.8 cm³/mol. The summed E-state index contributed by atoms with van der Waals surface area (Å²) in [5.74, 6) is 0. The highest BCUT2D eigenvalue weighted by molar-refractivity contribution is 9.10. The van der Waals surface area contributed by atoms with Gasteiger partial charge in [0.2, 0.25) is 0 Å². The monoisotopic (exact) mass is 337 g/mol. The molecule has 2 aromatic carbocycles. The molecule has 1 unspecified atom stereocenters. The largest absolute Gasteiger partial charge is 0.313 e. The Morgan fingerprint density at radius 3 is 2.42 bits per heavy atom. The molecule has 0 bridgehead atoms. The minimum Gasteiger partial charge on any atom is -0.313 e. The van der Waals surface area contributed by atoms with Crippen LogP contribution in [0.2, 0.25) is 5.02 Å². The van der Waals surface area contributed by atoms with Crippen molar-refractivity contribution >= 4 is 27.5 Å². The molecule has 0 spiro atoms. The van der Waals surface area contributed by atoms with E-state index in [4.69, 9.17) is 11.6 Å². The van der Waals surface area contributed by atoms with Crippen LogP contribution >= 0.6 is 27.5 Å². The van der Waals surface area contributed by atoms with Crippen LogP contribution in [0.5, 0.6) is 0 Å². The van der Waals surface area contributed by atoms with Gasteiger partial charge in [-0.1, -0.05) is 51.8 Å². The van der Waals surface area contributed by atoms with Gasteiger partial charge in [0.1, 0.15) is 0 Å². The summed E-state index contributed by atoms with van der Waals surface area (Å²) in [7, 11) is 1.99. The third-order valence-corrected chi connectivity index (χ3v) is 4.17. The minimum absolute atomic E-state index is 0.288. The number of halogens is 2. The standard InChI is InChI=1S/C16H17BrClN/c1-11-3-8-14(15(17)9-11)16(19-2)10-12-4-6-13(18)7-5-12/h3-9,16,19H,10H2,1-2H3. The lowest BCUT2D eigenvalue weighted by atomic mass is 9.98. The average molecular weight is 339 g/mol. The summed E-state index contributed by atoms with van der Waals surface area (Å²) in [4.78, 5) is 0. The topological polar surface area (TPSA) is 12.0 Å². The summed E-state index contributed by atoms with van der Waals surface area (Å²) >= 11 is 9.57. The Bertz CT molecular complexity index is 551. The molecule has 0 aromatic heterocycles. The van der Waals surface area contributed by atoms with E-state index in [1.807, 2.05) is 19.2 Å². The predicted octanol–water partition coefficient (Wildman–Crippen LogP) is 4.91. The van der Waals surface area contributed by atoms with Gasteiger partial charge in [-0.05, 0) is 55.3 Å². The van der Waals surface area contributed by atoms with E-state index in [1.165, 1.54) is 16.7 Å². The fourth-order valence-electron chi connectivity index (χ4n) is 2.14. The first kappa shape index (κ1) is 14.6. The molecule has 0 aliphatic heterocycles. The van der Waals surface area contributed by atoms with Crippen molar-refractivity contribution in [3.05, 3.63) is 68.7 Å². The second-order valence-corrected chi connectivity index (χ2v) is 5.99. The number of rotatable bonds is 4. The quantitative estimate of drug-likeness (QED) is 0.835. The SMILES string of the molecule is CNC(Cc1ccc(Cl)cc1)c1ccc(C)cc1Br. The molecular weight excluding hydrogens is 322 g/mol. The number of aryl methyl sites for hydroxylation is 1. The van der Waals surface area contributed by atoms with E-state index in [0.29, 0.717) is 0 Å². The fourth-order valence-corrected chi connectivity index (χ4v) is 3.03. The summed E-state index contributed by atoms with van der Waals surface area (Å²) in [6.07, 6.45) is 0.940. The van der Waals surface area contributed by atoms with Crippen LogP contribution in [0, 0.1) is 6.92 Å². The van der Waals surface area contributed by atoms with Gasteiger partial charge < -0.3 is 5.32 Å². The Balaban J connectivity index is 2.22. The van der Waals surface area contributed by atoms with Crippen molar-refractivity contribution in [3.8, 4) is 0 Å². The van der Waals surface area contributed by atoms with Crippen molar-refractivity contribution in [2.24, 2.45) is 0 Å². The summed E-state index contributed by atoms with van der Waals surface area (Å²) in [6.45, 7) is 2.10. The van der Waals surface area contributed by atoms with Gasteiger partial charge in [0.25, 0.3) is 0 Å². The molecule has 0 amide bonds. The molecule has 100 valence electrons. The van der Waals surface area contributed by atoms with Crippen molar-refractivity contribution in [2.45, 2.75) is 19.4 Å². The van der Waals surface area contributed by atoms with Crippen molar-refractivity contribution in [2.75, 3.05) is 7.05 Å². The van der Waals surface area contributed by atoms with E-state index in [0.717, 1.165) is 15.9 Å². The summed E-state index contributed by atoms with van der Waals surface area (Å²) in [6, 6.07) is 14.8. The van der Waals surface area contributed by atoms with E-state index in [2.05, 4.69) is 58.5 Å². The van der Waals surface area contributed by atoms with Crippen LogP contribution in [0.25, 0.3) is 0 Å². The Morgan fingerprint density at radius 2 is 1.84 bits per heavy atom. The molecule has 0 aliphatic rings. The van der Waals surface area contributed by atoms with E-state index in [1.54, 1.807) is 0 Å². The van der Waals surface area contributed by atoms with Gasteiger partial charge in [0, 0.05) is 15.5 Å². The van der Waals surface area contributed by atoms with Gasteiger partial charge in [-0.15, -0.1) is 0 Å². The van der Waals surface area contributed by atoms with Crippen molar-refractivity contribution in [3.63, 3.8) is 0 Å². The van der Waals surface area contributed by atoms with Crippen molar-refractivity contribution in [1.82, 2.24) is 5.32 Å². The van der Waals surface area contributed by atoms with Crippen molar-refractivity contribution < 1.29 is 0 Å². The van der Waals surface area contributed by atoms with Crippen molar-refractivity contribution in [1.29, 1.82) is 0 Å². The molecule has 0 radical (unpaired) electrons. The normalized spacial score (nSPS) is 12.4. The van der Waals surface area contributed by atoms with E-state index in [-0.39, 0.29) is 6.04 Å². The van der Waals surface area contributed by atoms with E-state index < -0.39 is 0 Å². The molecule has 19 heavy (non-hydrogen) atoms. The first-order valence-electron chi connectivity index (χ1n) is 6.28. The smallest absolute Gasteiger partial charge is 0.0406 e. The van der Waals surface area contributed by atoms with Crippen LogP contribution < -0.4 is 5.32 Å². The Morgan fingerprint density at radius 1 is 1.16 bits per heavy atom. The molecule has 0 aliphatic carbocycles. The molecule has 1 nitrogen and oxygen atoms in total. The molecular formula is C16H17BrClN. The maximum atomic E-state index is 5.92. The zero-order valence-electron chi connectivity index (χ0n) is 11.1. The van der Waals surface area contributed by atoms with E-state index in [9.17, 15) is 0 Å². The maximum absolute atomic E-state index is 5.92. The van der Waals surface area contributed by atoms with Crippen LogP contribution in [0.15, 0.2) is 46.9 Å². The molecule has 0 saturated heterocycles. The average Bonchev–Trinajstić information content (AvgIpc) is 2.39. The summed E-state index contributed by atoms with van der Waals surface area (Å²) in [5.41, 5.74) is 3.82. The van der Waals surface area contributed by atoms with Gasteiger partial charge in [0.05, 0.1) is 0 Å². The van der Waals surface area contributed by atoms with Crippen LogP contribution in [0.1, 0.15) is 22.7 Å². The number of nitrogens with one attached hydrogen (secondary N) is 1. The van der Waals surface area contributed by atoms with Gasteiger partial charge in [-0.2, -0.15) is 0 Å². The van der Waals surface area contributed by atoms with Crippen LogP contribution in [0.3, 0.4) is 0 Å². The van der Waals surface area contributed by atoms with Crippen LogP contribution in [-0.2, 0) is 6.42 Å². The second-order valence-electron chi connectivity index (χ2n) is 4.70. The third-order valence-electron chi connectivity index (χ3n) is 3.23. The minimum atomic E-state index is 0.288. The third kappa shape index (κ3) is 3.82. The lowest BCUT2D eigenvalue weighted by Gasteiger charge is -2.19. The lowest BCUT2D eigenvalue weighted by Crippen LogP contribution is -2.19. The molecule has 2 aromatic rings. The van der Waals surface area contributed by atoms with Crippen LogP contribution in [0.4, 0.5) is 0 Å². The molecule has 0 heterocycles. The summed E-state index contributed by atoms with van der Waals surface area (Å²) in [5, 5.41) is 4.16. The molecule has 2 rings (SSSR count). The number of hydrogen-bond donors (Lipinski definition) is 1. The number of hydrogen-bond acceptors (Lipinski definition) is 1. The second kappa shape index (κ2) is 6.56. The zero-order chi connectivity index (χ0) is 13.8. The Kier molecular flexibility index (Phi) is 5.03. The Hall–Kier alpha value is -0.830. The number of benzene rings is 2. The zero-order valence-corrected chi connectivity index (χ0v) is 13.4. The molecule has 1 atom stereocenters. The van der Waals surface area contributed by atoms with Gasteiger partial charge >= 0.3 is 0 Å². The summed E-state index contributed by atoms with van der Waals surface area (Å²) < 4.78 is 1.15. The fraction of sp³-hybridized carbons (Fsp3) is 0.250. The van der Waals surface area contributed by atoms with E-state index >= 15 is 0 Å². The first-order valence-corrected chi connectivity index (χ1v) is 7.45. The highest BCUT2D eigenvalue weighted by Crippen LogP contribution is 2.27. The molecule has 3 heteroatoms. The highest BCUT2D eigenvalue weighted by atomic mass is 79.9. The van der Waals surface area contributed by atoms with Gasteiger partial charge in [-0.3, -0.25) is 0 Å². The molecule has 1 N–H and O–H groups in total. The molecule has 0 saturated carbocycles.